The number of nitrogens with one attached hydrogen (secondary N) is 1. The van der Waals surface area contributed by atoms with E-state index in [4.69, 9.17) is 23.2 Å². The Bertz CT molecular complexity index is 268. The molecule has 2 atom stereocenters. The molecule has 2 nitrogen and oxygen atoms in total. The molecule has 4 heteroatoms. The van der Waals surface area contributed by atoms with E-state index < -0.39 is 9.75 Å². The van der Waals surface area contributed by atoms with Crippen molar-refractivity contribution in [3.05, 3.63) is 0 Å². The molecule has 1 amide bonds. The van der Waals surface area contributed by atoms with E-state index in [1.807, 2.05) is 13.8 Å². The van der Waals surface area contributed by atoms with Crippen LogP contribution in [0.4, 0.5) is 0 Å². The molecule has 0 unspecified atom stereocenters. The lowest BCUT2D eigenvalue weighted by atomic mass is 10.1. The van der Waals surface area contributed by atoms with Gasteiger partial charge < -0.3 is 5.32 Å². The summed E-state index contributed by atoms with van der Waals surface area (Å²) in [5, 5.41) is 2.99. The zero-order valence-electron chi connectivity index (χ0n) is 10.3. The van der Waals surface area contributed by atoms with Crippen molar-refractivity contribution in [1.82, 2.24) is 5.32 Å². The van der Waals surface area contributed by atoms with Gasteiger partial charge >= 0.3 is 0 Å². The normalized spacial score (nSPS) is 28.6. The molecule has 94 valence electrons. The van der Waals surface area contributed by atoms with Crippen molar-refractivity contribution >= 4 is 29.1 Å². The summed E-state index contributed by atoms with van der Waals surface area (Å²) < 4.78 is -0.861. The van der Waals surface area contributed by atoms with Gasteiger partial charge in [-0.1, -0.05) is 26.2 Å². The highest BCUT2D eigenvalue weighted by Crippen LogP contribution is 2.63. The van der Waals surface area contributed by atoms with Gasteiger partial charge in [0, 0.05) is 6.04 Å². The number of hydrogen-bond acceptors (Lipinski definition) is 1. The number of hydrogen-bond donors (Lipinski definition) is 1. The van der Waals surface area contributed by atoms with Crippen LogP contribution in [-0.2, 0) is 4.79 Å². The third kappa shape index (κ3) is 3.04. The second-order valence-electron chi connectivity index (χ2n) is 5.08. The van der Waals surface area contributed by atoms with E-state index >= 15 is 0 Å². The number of carbonyl (C=O) groups excluding carboxylic acids is 1. The molecule has 1 saturated carbocycles. The predicted octanol–water partition coefficient (Wildman–Crippen LogP) is 3.66. The van der Waals surface area contributed by atoms with Crippen molar-refractivity contribution in [3.8, 4) is 0 Å². The van der Waals surface area contributed by atoms with Gasteiger partial charge in [0.1, 0.15) is 4.33 Å². The van der Waals surface area contributed by atoms with Crippen molar-refractivity contribution in [1.29, 1.82) is 0 Å². The Hall–Kier alpha value is 0.0500. The molecule has 0 aromatic carbocycles. The van der Waals surface area contributed by atoms with Gasteiger partial charge in [-0.3, -0.25) is 4.79 Å². The molecule has 0 spiro atoms. The molecular weight excluding hydrogens is 245 g/mol. The zero-order valence-corrected chi connectivity index (χ0v) is 11.8. The van der Waals surface area contributed by atoms with E-state index in [1.165, 1.54) is 12.8 Å². The Labute approximate surface area is 108 Å². The first kappa shape index (κ1) is 14.1. The summed E-state index contributed by atoms with van der Waals surface area (Å²) in [6.07, 6.45) is 5.14. The number of unbranched alkanes of at least 4 members (excludes halogenated alkanes) is 2. The smallest absolute Gasteiger partial charge is 0.229 e. The number of alkyl halides is 2. The standard InChI is InChI=1S/C12H21Cl2NO/c1-4-5-6-7-9(2)15-10(16)11(3)8-12(11,13)14/h9H,4-8H2,1-3H3,(H,15,16)/t9-,11-/m1/s1. The average Bonchev–Trinajstić information content (AvgIpc) is 2.68. The predicted molar refractivity (Wildman–Crippen MR) is 68.9 cm³/mol. The Kier molecular flexibility index (Phi) is 4.53. The van der Waals surface area contributed by atoms with Crippen LogP contribution in [0.15, 0.2) is 0 Å². The molecule has 1 aliphatic carbocycles. The lowest BCUT2D eigenvalue weighted by Gasteiger charge is -2.18. The minimum absolute atomic E-state index is 0.0125. The monoisotopic (exact) mass is 265 g/mol. The summed E-state index contributed by atoms with van der Waals surface area (Å²) in [6.45, 7) is 6.02. The summed E-state index contributed by atoms with van der Waals surface area (Å²) in [6, 6.07) is 0.209. The summed E-state index contributed by atoms with van der Waals surface area (Å²) in [5.41, 5.74) is -0.588. The van der Waals surface area contributed by atoms with Gasteiger partial charge in [0.05, 0.1) is 5.41 Å². The largest absolute Gasteiger partial charge is 0.353 e. The van der Waals surface area contributed by atoms with Gasteiger partial charge in [-0.05, 0) is 26.7 Å². The van der Waals surface area contributed by atoms with Crippen LogP contribution in [0.5, 0.6) is 0 Å². The molecule has 1 aliphatic rings. The fourth-order valence-electron chi connectivity index (χ4n) is 1.80. The van der Waals surface area contributed by atoms with Crippen molar-refractivity contribution in [2.75, 3.05) is 0 Å². The molecule has 0 bridgehead atoms. The van der Waals surface area contributed by atoms with Crippen molar-refractivity contribution in [2.45, 2.75) is 63.3 Å². The number of carbonyl (C=O) groups is 1. The summed E-state index contributed by atoms with van der Waals surface area (Å²) >= 11 is 11.9. The topological polar surface area (TPSA) is 29.1 Å². The zero-order chi connectivity index (χ0) is 12.4. The van der Waals surface area contributed by atoms with E-state index in [0.717, 1.165) is 12.8 Å². The molecular formula is C12H21Cl2NO. The van der Waals surface area contributed by atoms with Crippen LogP contribution in [0.25, 0.3) is 0 Å². The molecule has 0 aromatic rings. The molecule has 0 saturated heterocycles. The highest BCUT2D eigenvalue weighted by atomic mass is 35.5. The fraction of sp³-hybridized carbons (Fsp3) is 0.917. The van der Waals surface area contributed by atoms with Crippen LogP contribution < -0.4 is 5.32 Å². The Balaban J connectivity index is 2.30. The number of halogens is 2. The molecule has 1 fully saturated rings. The van der Waals surface area contributed by atoms with Gasteiger partial charge in [-0.2, -0.15) is 0 Å². The minimum Gasteiger partial charge on any atom is -0.353 e. The molecule has 0 radical (unpaired) electrons. The molecule has 1 rings (SSSR count). The van der Waals surface area contributed by atoms with Crippen molar-refractivity contribution < 1.29 is 4.79 Å². The Morgan fingerprint density at radius 2 is 2.00 bits per heavy atom. The van der Waals surface area contributed by atoms with E-state index in [9.17, 15) is 4.79 Å². The summed E-state index contributed by atoms with van der Waals surface area (Å²) in [7, 11) is 0. The van der Waals surface area contributed by atoms with Crippen molar-refractivity contribution in [3.63, 3.8) is 0 Å². The van der Waals surface area contributed by atoms with Gasteiger partial charge in [0.15, 0.2) is 0 Å². The number of amides is 1. The van der Waals surface area contributed by atoms with Gasteiger partial charge in [-0.25, -0.2) is 0 Å². The second kappa shape index (κ2) is 5.14. The third-order valence-electron chi connectivity index (χ3n) is 3.38. The Morgan fingerprint density at radius 1 is 1.44 bits per heavy atom. The van der Waals surface area contributed by atoms with Gasteiger partial charge in [0.25, 0.3) is 0 Å². The van der Waals surface area contributed by atoms with Crippen molar-refractivity contribution in [2.24, 2.45) is 5.41 Å². The maximum atomic E-state index is 11.9. The van der Waals surface area contributed by atoms with Crippen LogP contribution in [0, 0.1) is 5.41 Å². The number of rotatable bonds is 6. The molecule has 16 heavy (non-hydrogen) atoms. The summed E-state index contributed by atoms with van der Waals surface area (Å²) in [5.74, 6) is -0.0125. The van der Waals surface area contributed by atoms with E-state index in [-0.39, 0.29) is 11.9 Å². The molecule has 0 aliphatic heterocycles. The maximum Gasteiger partial charge on any atom is 0.229 e. The van der Waals surface area contributed by atoms with Crippen LogP contribution in [-0.4, -0.2) is 16.3 Å². The first-order chi connectivity index (χ1) is 7.33. The minimum atomic E-state index is -0.861. The van der Waals surface area contributed by atoms with E-state index in [1.54, 1.807) is 0 Å². The SMILES string of the molecule is CCCCC[C@@H](C)NC(=O)[C@@]1(C)CC1(Cl)Cl. The lowest BCUT2D eigenvalue weighted by molar-refractivity contribution is -0.126. The molecule has 0 aromatic heterocycles. The maximum absolute atomic E-state index is 11.9. The quantitative estimate of drug-likeness (QED) is 0.577. The Morgan fingerprint density at radius 3 is 2.44 bits per heavy atom. The third-order valence-corrected chi connectivity index (χ3v) is 4.48. The van der Waals surface area contributed by atoms with Gasteiger partial charge in [0.2, 0.25) is 5.91 Å². The first-order valence-corrected chi connectivity index (χ1v) is 6.78. The van der Waals surface area contributed by atoms with Crippen LogP contribution in [0.3, 0.4) is 0 Å². The van der Waals surface area contributed by atoms with Gasteiger partial charge in [-0.15, -0.1) is 23.2 Å². The van der Waals surface area contributed by atoms with Crippen LogP contribution in [0.1, 0.15) is 52.9 Å². The highest BCUT2D eigenvalue weighted by Gasteiger charge is 2.67. The molecule has 1 N–H and O–H groups in total. The molecule has 0 heterocycles. The highest BCUT2D eigenvalue weighted by molar-refractivity contribution is 6.53. The van der Waals surface area contributed by atoms with Crippen LogP contribution >= 0.6 is 23.2 Å². The summed E-state index contributed by atoms with van der Waals surface area (Å²) in [4.78, 5) is 11.9. The van der Waals surface area contributed by atoms with E-state index in [2.05, 4.69) is 12.2 Å². The van der Waals surface area contributed by atoms with Crippen LogP contribution in [0.2, 0.25) is 0 Å². The second-order valence-corrected chi connectivity index (χ2v) is 6.57. The fourth-order valence-corrected chi connectivity index (χ4v) is 2.51. The van der Waals surface area contributed by atoms with E-state index in [0.29, 0.717) is 6.42 Å². The first-order valence-electron chi connectivity index (χ1n) is 6.02. The lowest BCUT2D eigenvalue weighted by Crippen LogP contribution is -2.39. The average molecular weight is 266 g/mol.